The van der Waals surface area contributed by atoms with E-state index in [4.69, 9.17) is 0 Å². The Morgan fingerprint density at radius 2 is 1.90 bits per heavy atom. The van der Waals surface area contributed by atoms with Crippen LogP contribution in [0.15, 0.2) is 48.5 Å². The van der Waals surface area contributed by atoms with Crippen molar-refractivity contribution >= 4 is 5.91 Å². The molecule has 1 unspecified atom stereocenters. The number of carbonyl (C=O) groups excluding carboxylic acids is 1. The average Bonchev–Trinajstić information content (AvgIpc) is 2.48. The van der Waals surface area contributed by atoms with E-state index in [2.05, 4.69) is 22.8 Å². The Balaban J connectivity index is 1.79. The third-order valence-electron chi connectivity index (χ3n) is 3.53. The highest BCUT2D eigenvalue weighted by molar-refractivity contribution is 5.94. The Morgan fingerprint density at radius 1 is 1.15 bits per heavy atom. The zero-order valence-electron chi connectivity index (χ0n) is 11.0. The third kappa shape index (κ3) is 2.51. The van der Waals surface area contributed by atoms with Gasteiger partial charge in [-0.15, -0.1) is 0 Å². The maximum atomic E-state index is 12.2. The molecular weight excluding hydrogens is 252 g/mol. The lowest BCUT2D eigenvalue weighted by atomic mass is 9.96. The van der Waals surface area contributed by atoms with Crippen molar-refractivity contribution in [1.29, 1.82) is 0 Å². The molecule has 1 atom stereocenters. The summed E-state index contributed by atoms with van der Waals surface area (Å²) in [5, 5.41) is 15.6. The van der Waals surface area contributed by atoms with Crippen molar-refractivity contribution in [2.45, 2.75) is 12.6 Å². The molecule has 3 N–H and O–H groups in total. The minimum absolute atomic E-state index is 0.0266. The zero-order valence-corrected chi connectivity index (χ0v) is 11.0. The molecule has 1 amide bonds. The zero-order chi connectivity index (χ0) is 13.9. The van der Waals surface area contributed by atoms with E-state index >= 15 is 0 Å². The quantitative estimate of drug-likeness (QED) is 0.780. The monoisotopic (exact) mass is 268 g/mol. The predicted octanol–water partition coefficient (Wildman–Crippen LogP) is 1.97. The van der Waals surface area contributed by atoms with Crippen LogP contribution < -0.4 is 10.6 Å². The molecule has 0 aromatic heterocycles. The Bertz CT molecular complexity index is 623. The summed E-state index contributed by atoms with van der Waals surface area (Å²) >= 11 is 0. The van der Waals surface area contributed by atoms with Gasteiger partial charge in [-0.05, 0) is 35.4 Å². The first kappa shape index (κ1) is 12.7. The molecule has 2 aromatic rings. The summed E-state index contributed by atoms with van der Waals surface area (Å²) in [6.45, 7) is 1.56. The van der Waals surface area contributed by atoms with Gasteiger partial charge in [0.15, 0.2) is 0 Å². The normalized spacial score (nSPS) is 17.3. The number of phenols is 1. The molecule has 102 valence electrons. The van der Waals surface area contributed by atoms with E-state index in [1.807, 2.05) is 12.1 Å². The SMILES string of the molecule is O=C(NC1CNCc2ccccc21)c1ccc(O)cc1. The number of fused-ring (bicyclic) bond motifs is 1. The average molecular weight is 268 g/mol. The Kier molecular flexibility index (Phi) is 3.39. The highest BCUT2D eigenvalue weighted by Crippen LogP contribution is 2.22. The summed E-state index contributed by atoms with van der Waals surface area (Å²) in [7, 11) is 0. The van der Waals surface area contributed by atoms with Crippen LogP contribution in [0.25, 0.3) is 0 Å². The molecule has 2 aromatic carbocycles. The number of phenolic OH excluding ortho intramolecular Hbond substituents is 1. The molecule has 0 spiro atoms. The molecule has 0 bridgehead atoms. The molecule has 3 rings (SSSR count). The number of benzene rings is 2. The van der Waals surface area contributed by atoms with Crippen molar-refractivity contribution in [2.24, 2.45) is 0 Å². The molecule has 4 heteroatoms. The summed E-state index contributed by atoms with van der Waals surface area (Å²) in [4.78, 5) is 12.2. The van der Waals surface area contributed by atoms with E-state index in [9.17, 15) is 9.90 Å². The lowest BCUT2D eigenvalue weighted by molar-refractivity contribution is 0.0934. The van der Waals surface area contributed by atoms with E-state index in [0.717, 1.165) is 13.1 Å². The first-order valence-electron chi connectivity index (χ1n) is 6.62. The lowest BCUT2D eigenvalue weighted by Crippen LogP contribution is -2.39. The van der Waals surface area contributed by atoms with Crippen LogP contribution in [0, 0.1) is 0 Å². The van der Waals surface area contributed by atoms with Gasteiger partial charge in [0.05, 0.1) is 6.04 Å². The van der Waals surface area contributed by atoms with Crippen LogP contribution in [0.5, 0.6) is 5.75 Å². The highest BCUT2D eigenvalue weighted by Gasteiger charge is 2.21. The van der Waals surface area contributed by atoms with Crippen molar-refractivity contribution in [3.63, 3.8) is 0 Å². The molecule has 4 nitrogen and oxygen atoms in total. The number of carbonyl (C=O) groups is 1. The topological polar surface area (TPSA) is 61.4 Å². The number of rotatable bonds is 2. The van der Waals surface area contributed by atoms with Gasteiger partial charge in [-0.25, -0.2) is 0 Å². The van der Waals surface area contributed by atoms with Crippen molar-refractivity contribution in [3.05, 3.63) is 65.2 Å². The molecule has 0 fully saturated rings. The van der Waals surface area contributed by atoms with Crippen LogP contribution >= 0.6 is 0 Å². The minimum atomic E-state index is -0.131. The van der Waals surface area contributed by atoms with Gasteiger partial charge in [0, 0.05) is 18.7 Å². The van der Waals surface area contributed by atoms with E-state index in [1.165, 1.54) is 23.3 Å². The number of aromatic hydroxyl groups is 1. The lowest BCUT2D eigenvalue weighted by Gasteiger charge is -2.27. The van der Waals surface area contributed by atoms with Crippen LogP contribution in [0.2, 0.25) is 0 Å². The maximum Gasteiger partial charge on any atom is 0.251 e. The summed E-state index contributed by atoms with van der Waals surface area (Å²) in [5.41, 5.74) is 2.93. The molecule has 20 heavy (non-hydrogen) atoms. The minimum Gasteiger partial charge on any atom is -0.508 e. The fourth-order valence-corrected chi connectivity index (χ4v) is 2.48. The maximum absolute atomic E-state index is 12.2. The van der Waals surface area contributed by atoms with Gasteiger partial charge in [-0.3, -0.25) is 4.79 Å². The smallest absolute Gasteiger partial charge is 0.251 e. The highest BCUT2D eigenvalue weighted by atomic mass is 16.3. The Labute approximate surface area is 117 Å². The number of hydrogen-bond acceptors (Lipinski definition) is 3. The Hall–Kier alpha value is -2.33. The molecular formula is C16H16N2O2. The largest absolute Gasteiger partial charge is 0.508 e. The first-order valence-corrected chi connectivity index (χ1v) is 6.62. The van der Waals surface area contributed by atoms with Gasteiger partial charge < -0.3 is 15.7 Å². The molecule has 1 heterocycles. The molecule has 1 aliphatic heterocycles. The van der Waals surface area contributed by atoms with E-state index in [-0.39, 0.29) is 17.7 Å². The number of hydrogen-bond donors (Lipinski definition) is 3. The van der Waals surface area contributed by atoms with Gasteiger partial charge in [-0.1, -0.05) is 24.3 Å². The summed E-state index contributed by atoms with van der Waals surface area (Å²) < 4.78 is 0. The fraction of sp³-hybridized carbons (Fsp3) is 0.188. The van der Waals surface area contributed by atoms with Gasteiger partial charge in [-0.2, -0.15) is 0 Å². The summed E-state index contributed by atoms with van der Waals surface area (Å²) in [6.07, 6.45) is 0. The van der Waals surface area contributed by atoms with Crippen LogP contribution in [-0.2, 0) is 6.54 Å². The second kappa shape index (κ2) is 5.35. The molecule has 0 aliphatic carbocycles. The number of nitrogens with one attached hydrogen (secondary N) is 2. The fourth-order valence-electron chi connectivity index (χ4n) is 2.48. The second-order valence-corrected chi connectivity index (χ2v) is 4.90. The van der Waals surface area contributed by atoms with Crippen molar-refractivity contribution in [3.8, 4) is 5.75 Å². The van der Waals surface area contributed by atoms with Gasteiger partial charge in [0.2, 0.25) is 0 Å². The number of amides is 1. The van der Waals surface area contributed by atoms with Gasteiger partial charge in [0.1, 0.15) is 5.75 Å². The summed E-state index contributed by atoms with van der Waals surface area (Å²) in [5.74, 6) is 0.0275. The van der Waals surface area contributed by atoms with Crippen LogP contribution in [0.1, 0.15) is 27.5 Å². The molecule has 0 saturated heterocycles. The van der Waals surface area contributed by atoms with E-state index < -0.39 is 0 Å². The Morgan fingerprint density at radius 3 is 2.70 bits per heavy atom. The van der Waals surface area contributed by atoms with Gasteiger partial charge in [0.25, 0.3) is 5.91 Å². The first-order chi connectivity index (χ1) is 9.74. The van der Waals surface area contributed by atoms with Crippen molar-refractivity contribution < 1.29 is 9.90 Å². The van der Waals surface area contributed by atoms with Gasteiger partial charge >= 0.3 is 0 Å². The molecule has 1 aliphatic rings. The van der Waals surface area contributed by atoms with Crippen molar-refractivity contribution in [2.75, 3.05) is 6.54 Å². The van der Waals surface area contributed by atoms with Crippen molar-refractivity contribution in [1.82, 2.24) is 10.6 Å². The van der Waals surface area contributed by atoms with Crippen LogP contribution in [0.4, 0.5) is 0 Å². The second-order valence-electron chi connectivity index (χ2n) is 4.90. The predicted molar refractivity (Wildman–Crippen MR) is 76.5 cm³/mol. The van der Waals surface area contributed by atoms with Crippen LogP contribution in [0.3, 0.4) is 0 Å². The standard InChI is InChI=1S/C16H16N2O2/c19-13-7-5-11(6-8-13)16(20)18-15-10-17-9-12-3-1-2-4-14(12)15/h1-8,15,17,19H,9-10H2,(H,18,20). The van der Waals surface area contributed by atoms with E-state index in [0.29, 0.717) is 5.56 Å². The molecule has 0 radical (unpaired) electrons. The van der Waals surface area contributed by atoms with Crippen LogP contribution in [-0.4, -0.2) is 17.6 Å². The summed E-state index contributed by atoms with van der Waals surface area (Å²) in [6, 6.07) is 14.4. The third-order valence-corrected chi connectivity index (χ3v) is 3.53. The van der Waals surface area contributed by atoms with E-state index in [1.54, 1.807) is 12.1 Å². The molecule has 0 saturated carbocycles.